The molecule has 5 nitrogen and oxygen atoms in total. The van der Waals surface area contributed by atoms with Crippen LogP contribution in [-0.2, 0) is 11.3 Å². The highest BCUT2D eigenvalue weighted by atomic mass is 16.5. The number of hydrogen-bond acceptors (Lipinski definition) is 3. The lowest BCUT2D eigenvalue weighted by Crippen LogP contribution is -2.92. The molecular weight excluding hydrogens is 316 g/mol. The molecule has 5 heteroatoms. The monoisotopic (exact) mass is 343 g/mol. The number of quaternary nitrogens is 1. The van der Waals surface area contributed by atoms with Crippen molar-refractivity contribution < 1.29 is 19.6 Å². The van der Waals surface area contributed by atoms with Crippen molar-refractivity contribution in [2.24, 2.45) is 0 Å². The molecule has 25 heavy (non-hydrogen) atoms. The highest BCUT2D eigenvalue weighted by Gasteiger charge is 2.20. The summed E-state index contributed by atoms with van der Waals surface area (Å²) in [7, 11) is 3.20. The van der Waals surface area contributed by atoms with Gasteiger partial charge in [0, 0.05) is 12.1 Å². The maximum absolute atomic E-state index is 12.4. The van der Waals surface area contributed by atoms with Gasteiger partial charge < -0.3 is 20.1 Å². The molecule has 134 valence electrons. The van der Waals surface area contributed by atoms with Gasteiger partial charge in [0.15, 0.2) is 17.5 Å². The molecule has 0 radical (unpaired) electrons. The number of carbonyl (C=O) groups excluding carboxylic acids is 1. The van der Waals surface area contributed by atoms with Crippen molar-refractivity contribution in [3.63, 3.8) is 0 Å². The van der Waals surface area contributed by atoms with Crippen molar-refractivity contribution >= 4 is 5.91 Å². The molecule has 0 aromatic heterocycles. The summed E-state index contributed by atoms with van der Waals surface area (Å²) in [5.41, 5.74) is 2.18. The van der Waals surface area contributed by atoms with E-state index in [1.807, 2.05) is 43.3 Å². The summed E-state index contributed by atoms with van der Waals surface area (Å²) in [5.74, 6) is 1.35. The summed E-state index contributed by atoms with van der Waals surface area (Å²) in [5, 5.41) is 5.05. The van der Waals surface area contributed by atoms with Crippen molar-refractivity contribution in [2.45, 2.75) is 32.5 Å². The highest BCUT2D eigenvalue weighted by molar-refractivity contribution is 5.79. The third kappa shape index (κ3) is 5.22. The minimum Gasteiger partial charge on any atom is -0.493 e. The second-order valence-corrected chi connectivity index (χ2v) is 6.09. The van der Waals surface area contributed by atoms with Crippen LogP contribution in [0.2, 0.25) is 0 Å². The summed E-state index contributed by atoms with van der Waals surface area (Å²) in [6.07, 6.45) is 0. The van der Waals surface area contributed by atoms with Crippen LogP contribution in [-0.4, -0.2) is 26.2 Å². The number of amides is 1. The van der Waals surface area contributed by atoms with Crippen LogP contribution in [0.4, 0.5) is 0 Å². The van der Waals surface area contributed by atoms with E-state index >= 15 is 0 Å². The molecule has 0 aliphatic carbocycles. The van der Waals surface area contributed by atoms with Crippen LogP contribution in [0, 0.1) is 0 Å². The highest BCUT2D eigenvalue weighted by Crippen LogP contribution is 2.27. The van der Waals surface area contributed by atoms with Gasteiger partial charge in [0.1, 0.15) is 6.04 Å². The zero-order valence-corrected chi connectivity index (χ0v) is 15.3. The first-order valence-corrected chi connectivity index (χ1v) is 8.43. The summed E-state index contributed by atoms with van der Waals surface area (Å²) in [4.78, 5) is 12.4. The lowest BCUT2D eigenvalue weighted by Gasteiger charge is -2.17. The molecule has 0 aliphatic rings. The van der Waals surface area contributed by atoms with Crippen molar-refractivity contribution in [1.29, 1.82) is 0 Å². The van der Waals surface area contributed by atoms with Crippen LogP contribution in [0.25, 0.3) is 0 Å². The molecule has 3 N–H and O–H groups in total. The lowest BCUT2D eigenvalue weighted by atomic mass is 10.1. The Kier molecular flexibility index (Phi) is 6.83. The SMILES string of the molecule is COc1ccc(CNC(=O)[C@H](C)[NH2+][C@H](C)c2ccccc2)cc1OC. The quantitative estimate of drug-likeness (QED) is 0.771. The zero-order valence-electron chi connectivity index (χ0n) is 15.3. The fourth-order valence-electron chi connectivity index (χ4n) is 2.73. The van der Waals surface area contributed by atoms with Crippen molar-refractivity contribution in [3.05, 3.63) is 59.7 Å². The van der Waals surface area contributed by atoms with Crippen molar-refractivity contribution in [1.82, 2.24) is 5.32 Å². The van der Waals surface area contributed by atoms with Crippen molar-refractivity contribution in [2.75, 3.05) is 14.2 Å². The van der Waals surface area contributed by atoms with Gasteiger partial charge in [-0.2, -0.15) is 0 Å². The molecule has 0 unspecified atom stereocenters. The smallest absolute Gasteiger partial charge is 0.278 e. The number of ether oxygens (including phenoxy) is 2. The van der Waals surface area contributed by atoms with E-state index in [9.17, 15) is 4.79 Å². The molecule has 0 fully saturated rings. The first-order chi connectivity index (χ1) is 12.0. The largest absolute Gasteiger partial charge is 0.493 e. The Morgan fingerprint density at radius 3 is 2.36 bits per heavy atom. The molecule has 0 bridgehead atoms. The van der Waals surface area contributed by atoms with Gasteiger partial charge >= 0.3 is 0 Å². The molecule has 0 saturated carbocycles. The number of nitrogens with two attached hydrogens (primary N) is 1. The standard InChI is InChI=1S/C20H26N2O3/c1-14(17-8-6-5-7-9-17)22-15(2)20(23)21-13-16-10-11-18(24-3)19(12-16)25-4/h5-12,14-15,22H,13H2,1-4H3,(H,21,23)/p+1/t14-,15+/m1/s1. The Hall–Kier alpha value is -2.53. The van der Waals surface area contributed by atoms with E-state index in [0.29, 0.717) is 18.0 Å². The fourth-order valence-corrected chi connectivity index (χ4v) is 2.73. The first kappa shape index (κ1) is 18.8. The van der Waals surface area contributed by atoms with Gasteiger partial charge in [0.05, 0.1) is 14.2 Å². The van der Waals surface area contributed by atoms with Crippen LogP contribution in [0.5, 0.6) is 11.5 Å². The Bertz CT molecular complexity index is 689. The Morgan fingerprint density at radius 2 is 1.72 bits per heavy atom. The van der Waals surface area contributed by atoms with Gasteiger partial charge in [-0.05, 0) is 31.5 Å². The minimum atomic E-state index is -0.171. The summed E-state index contributed by atoms with van der Waals surface area (Å²) in [6.45, 7) is 4.48. The van der Waals surface area contributed by atoms with Crippen LogP contribution in [0.1, 0.15) is 31.0 Å². The molecular formula is C20H27N2O3+. The van der Waals surface area contributed by atoms with E-state index in [-0.39, 0.29) is 18.0 Å². The number of methoxy groups -OCH3 is 2. The summed E-state index contributed by atoms with van der Waals surface area (Å²) < 4.78 is 10.5. The van der Waals surface area contributed by atoms with E-state index in [0.717, 1.165) is 5.56 Å². The number of carbonyl (C=O) groups is 1. The van der Waals surface area contributed by atoms with Gasteiger partial charge in [-0.1, -0.05) is 36.4 Å². The average Bonchev–Trinajstić information content (AvgIpc) is 2.66. The van der Waals surface area contributed by atoms with Crippen LogP contribution in [0.3, 0.4) is 0 Å². The summed E-state index contributed by atoms with van der Waals surface area (Å²) >= 11 is 0. The Morgan fingerprint density at radius 1 is 1.04 bits per heavy atom. The number of hydrogen-bond donors (Lipinski definition) is 2. The zero-order chi connectivity index (χ0) is 18.2. The maximum atomic E-state index is 12.4. The second-order valence-electron chi connectivity index (χ2n) is 6.09. The van der Waals surface area contributed by atoms with Gasteiger partial charge in [-0.25, -0.2) is 0 Å². The molecule has 2 aromatic carbocycles. The molecule has 2 atom stereocenters. The van der Waals surface area contributed by atoms with E-state index in [4.69, 9.17) is 9.47 Å². The van der Waals surface area contributed by atoms with E-state index in [1.54, 1.807) is 14.2 Å². The fraction of sp³-hybridized carbons (Fsp3) is 0.350. The van der Waals surface area contributed by atoms with Crippen LogP contribution >= 0.6 is 0 Å². The molecule has 1 amide bonds. The maximum Gasteiger partial charge on any atom is 0.278 e. The molecule has 2 aromatic rings. The third-order valence-corrected chi connectivity index (χ3v) is 4.23. The Balaban J connectivity index is 1.89. The lowest BCUT2D eigenvalue weighted by molar-refractivity contribution is -0.710. The van der Waals surface area contributed by atoms with Crippen LogP contribution < -0.4 is 20.1 Å². The minimum absolute atomic E-state index is 0.0116. The normalized spacial score (nSPS) is 13.0. The van der Waals surface area contributed by atoms with E-state index in [2.05, 4.69) is 29.7 Å². The van der Waals surface area contributed by atoms with E-state index in [1.165, 1.54) is 5.56 Å². The van der Waals surface area contributed by atoms with Gasteiger partial charge in [0.25, 0.3) is 5.91 Å². The topological polar surface area (TPSA) is 64.2 Å². The predicted octanol–water partition coefficient (Wildman–Crippen LogP) is 2.03. The van der Waals surface area contributed by atoms with Crippen LogP contribution in [0.15, 0.2) is 48.5 Å². The molecule has 0 aliphatic heterocycles. The summed E-state index contributed by atoms with van der Waals surface area (Å²) in [6, 6.07) is 15.9. The van der Waals surface area contributed by atoms with Gasteiger partial charge in [-0.15, -0.1) is 0 Å². The predicted molar refractivity (Wildman–Crippen MR) is 97.6 cm³/mol. The molecule has 2 rings (SSSR count). The van der Waals surface area contributed by atoms with Gasteiger partial charge in [0.2, 0.25) is 0 Å². The molecule has 0 heterocycles. The van der Waals surface area contributed by atoms with E-state index < -0.39 is 0 Å². The number of benzene rings is 2. The second kappa shape index (κ2) is 9.08. The number of nitrogens with one attached hydrogen (secondary N) is 1. The number of rotatable bonds is 8. The Labute approximate surface area is 149 Å². The molecule has 0 saturated heterocycles. The molecule has 0 spiro atoms. The first-order valence-electron chi connectivity index (χ1n) is 8.43. The third-order valence-electron chi connectivity index (χ3n) is 4.23. The average molecular weight is 343 g/mol. The van der Waals surface area contributed by atoms with Gasteiger partial charge in [-0.3, -0.25) is 4.79 Å². The van der Waals surface area contributed by atoms with Crippen molar-refractivity contribution in [3.8, 4) is 11.5 Å².